The minimum absolute atomic E-state index is 0. The number of hydrogen-bond acceptors (Lipinski definition) is 7. The zero-order chi connectivity index (χ0) is 22.4. The predicted octanol–water partition coefficient (Wildman–Crippen LogP) is 3.45. The zero-order valence-corrected chi connectivity index (χ0v) is 17.9. The van der Waals surface area contributed by atoms with Crippen molar-refractivity contribution < 1.29 is 24.1 Å². The second-order valence-electron chi connectivity index (χ2n) is 8.51. The minimum Gasteiger partial charge on any atom is -0.470 e. The van der Waals surface area contributed by atoms with Crippen molar-refractivity contribution in [2.45, 2.75) is 38.3 Å². The van der Waals surface area contributed by atoms with Gasteiger partial charge in [0.15, 0.2) is 12.0 Å². The molecule has 3 aliphatic heterocycles. The number of hydrogen-bond donors (Lipinski definition) is 2. The number of fused-ring (bicyclic) bond motifs is 2. The van der Waals surface area contributed by atoms with Crippen molar-refractivity contribution in [2.75, 3.05) is 26.4 Å². The number of H-pyrrole nitrogens is 1. The Bertz CT molecular complexity index is 1260. The fourth-order valence-corrected chi connectivity index (χ4v) is 4.74. The van der Waals surface area contributed by atoms with Gasteiger partial charge in [-0.05, 0) is 23.6 Å². The Morgan fingerprint density at radius 1 is 1.09 bits per heavy atom. The van der Waals surface area contributed by atoms with Gasteiger partial charge in [0.25, 0.3) is 0 Å². The van der Waals surface area contributed by atoms with Gasteiger partial charge in [-0.15, -0.1) is 0 Å². The number of aliphatic hydroxyl groups is 1. The molecular weight excluding hydrogens is 434 g/mol. The van der Waals surface area contributed by atoms with Gasteiger partial charge in [0.05, 0.1) is 48.7 Å². The van der Waals surface area contributed by atoms with Gasteiger partial charge in [0.2, 0.25) is 0 Å². The average molecular weight is 462 g/mol. The lowest BCUT2D eigenvalue weighted by Gasteiger charge is -2.16. The molecule has 8 heteroatoms. The molecule has 176 valence electrons. The maximum Gasteiger partial charge on any atom is 0.193 e. The fraction of sp³-hybridized carbons (Fsp3) is 0.385. The summed E-state index contributed by atoms with van der Waals surface area (Å²) in [6.07, 6.45) is 1.42. The lowest BCUT2D eigenvalue weighted by molar-refractivity contribution is 0.00794. The van der Waals surface area contributed by atoms with E-state index >= 15 is 0 Å². The second kappa shape index (κ2) is 9.20. The molecule has 2 fully saturated rings. The van der Waals surface area contributed by atoms with Crippen LogP contribution in [0.4, 0.5) is 0 Å². The molecule has 2 N–H and O–H groups in total. The van der Waals surface area contributed by atoms with Crippen LogP contribution in [0.15, 0.2) is 42.5 Å². The van der Waals surface area contributed by atoms with Crippen molar-refractivity contribution in [1.29, 1.82) is 5.26 Å². The summed E-state index contributed by atoms with van der Waals surface area (Å²) in [7, 11) is 0. The number of benzene rings is 1. The minimum atomic E-state index is -0.622. The summed E-state index contributed by atoms with van der Waals surface area (Å²) in [5.74, 6) is 0.527. The number of nitriles is 1. The Kier molecular flexibility index (Phi) is 6.11. The molecule has 6 rings (SSSR count). The van der Waals surface area contributed by atoms with E-state index in [1.807, 2.05) is 18.2 Å². The highest BCUT2D eigenvalue weighted by Gasteiger charge is 2.48. The summed E-state index contributed by atoms with van der Waals surface area (Å²) >= 11 is 0. The first-order chi connectivity index (χ1) is 16.2. The quantitative estimate of drug-likeness (QED) is 0.612. The molecule has 3 aromatic rings. The van der Waals surface area contributed by atoms with Gasteiger partial charge >= 0.3 is 0 Å². The van der Waals surface area contributed by atoms with Gasteiger partial charge in [-0.2, -0.15) is 5.26 Å². The third-order valence-corrected chi connectivity index (χ3v) is 6.45. The van der Waals surface area contributed by atoms with Gasteiger partial charge in [0.1, 0.15) is 24.4 Å². The predicted molar refractivity (Wildman–Crippen MR) is 126 cm³/mol. The van der Waals surface area contributed by atoms with E-state index in [1.54, 1.807) is 6.07 Å². The first-order valence-corrected chi connectivity index (χ1v) is 11.1. The molecule has 0 radical (unpaired) electrons. The topological polar surface area (TPSA) is 110 Å². The van der Waals surface area contributed by atoms with E-state index in [2.05, 4.69) is 29.3 Å². The first kappa shape index (κ1) is 22.6. The van der Waals surface area contributed by atoms with Gasteiger partial charge in [0, 0.05) is 11.6 Å². The van der Waals surface area contributed by atoms with Crippen LogP contribution >= 0.6 is 0 Å². The van der Waals surface area contributed by atoms with Crippen LogP contribution < -0.4 is 4.74 Å². The lowest BCUT2D eigenvalue weighted by Crippen LogP contribution is -2.34. The molecule has 5 heterocycles. The van der Waals surface area contributed by atoms with E-state index in [0.717, 1.165) is 29.7 Å². The zero-order valence-electron chi connectivity index (χ0n) is 17.9. The highest BCUT2D eigenvalue weighted by molar-refractivity contribution is 5.84. The van der Waals surface area contributed by atoms with Crippen molar-refractivity contribution in [2.24, 2.45) is 0 Å². The summed E-state index contributed by atoms with van der Waals surface area (Å²) in [5.41, 5.74) is 5.87. The van der Waals surface area contributed by atoms with Crippen LogP contribution in [0.2, 0.25) is 0 Å². The molecule has 2 saturated heterocycles. The number of pyridine rings is 1. The number of ether oxygens (including phenoxy) is 4. The van der Waals surface area contributed by atoms with Gasteiger partial charge in [-0.25, -0.2) is 4.98 Å². The molecule has 34 heavy (non-hydrogen) atoms. The third kappa shape index (κ3) is 3.97. The normalized spacial score (nSPS) is 25.9. The summed E-state index contributed by atoms with van der Waals surface area (Å²) in [6.45, 7) is 1.98. The van der Waals surface area contributed by atoms with E-state index in [4.69, 9.17) is 23.9 Å². The summed E-state index contributed by atoms with van der Waals surface area (Å²) in [6, 6.07) is 14.0. The lowest BCUT2D eigenvalue weighted by atomic mass is 9.98. The number of nitrogens with zero attached hydrogens (tertiary/aromatic N) is 2. The van der Waals surface area contributed by atoms with Crippen molar-refractivity contribution in [3.63, 3.8) is 0 Å². The third-order valence-electron chi connectivity index (χ3n) is 6.45. The van der Waals surface area contributed by atoms with Crippen molar-refractivity contribution in [3.05, 3.63) is 53.6 Å². The Balaban J connectivity index is 0.00000241. The molecule has 0 aliphatic carbocycles. The van der Waals surface area contributed by atoms with Crippen molar-refractivity contribution >= 4 is 16.6 Å². The van der Waals surface area contributed by atoms with E-state index in [9.17, 15) is 10.4 Å². The highest BCUT2D eigenvalue weighted by Crippen LogP contribution is 2.32. The summed E-state index contributed by atoms with van der Waals surface area (Å²) < 4.78 is 22.7. The molecule has 2 aromatic heterocycles. The van der Waals surface area contributed by atoms with Gasteiger partial charge < -0.3 is 29.0 Å². The number of nitrogens with one attached hydrogen (secondary N) is 1. The Morgan fingerprint density at radius 2 is 1.88 bits per heavy atom. The van der Waals surface area contributed by atoms with Crippen LogP contribution in [0.5, 0.6) is 5.88 Å². The molecule has 8 nitrogen and oxygen atoms in total. The van der Waals surface area contributed by atoms with Gasteiger partial charge in [-0.1, -0.05) is 37.8 Å². The molecule has 3 aliphatic rings. The molecule has 4 atom stereocenters. The molecule has 0 spiro atoms. The monoisotopic (exact) mass is 461 g/mol. The molecular formula is C26H27N3O5. The molecule has 3 unspecified atom stereocenters. The highest BCUT2D eigenvalue weighted by atomic mass is 16.6. The number of aromatic nitrogens is 2. The molecule has 0 saturated carbocycles. The van der Waals surface area contributed by atoms with Crippen LogP contribution in [0, 0.1) is 11.3 Å². The van der Waals surface area contributed by atoms with Crippen LogP contribution in [-0.4, -0.2) is 65.9 Å². The van der Waals surface area contributed by atoms with E-state index < -0.39 is 6.10 Å². The van der Waals surface area contributed by atoms with Crippen LogP contribution in [-0.2, 0) is 14.2 Å². The Morgan fingerprint density at radius 3 is 2.65 bits per heavy atom. The summed E-state index contributed by atoms with van der Waals surface area (Å²) in [4.78, 5) is 7.95. The Hall–Kier alpha value is -3.22. The number of aliphatic hydroxyl groups excluding tert-OH is 1. The summed E-state index contributed by atoms with van der Waals surface area (Å²) in [5, 5.41) is 19.7. The van der Waals surface area contributed by atoms with E-state index in [1.165, 1.54) is 5.57 Å². The molecule has 0 bridgehead atoms. The maximum atomic E-state index is 9.92. The second-order valence-corrected chi connectivity index (χ2v) is 8.51. The number of rotatable bonds is 4. The van der Waals surface area contributed by atoms with Crippen LogP contribution in [0.3, 0.4) is 0 Å². The van der Waals surface area contributed by atoms with E-state index in [0.29, 0.717) is 35.9 Å². The first-order valence-electron chi connectivity index (χ1n) is 11.1. The maximum absolute atomic E-state index is 9.92. The fourth-order valence-electron chi connectivity index (χ4n) is 4.74. The van der Waals surface area contributed by atoms with E-state index in [-0.39, 0.29) is 32.3 Å². The molecule has 1 aromatic carbocycles. The molecule has 0 amide bonds. The Labute approximate surface area is 197 Å². The van der Waals surface area contributed by atoms with Crippen molar-refractivity contribution in [3.8, 4) is 23.2 Å². The SMILES string of the molecule is C.N#Cc1cc2[nH]c(OC3COC4C(O)CO[C@H]34)cc2nc1-c1ccc(C2=CCOCC2)cc1. The number of aromatic amines is 1. The standard InChI is InChI=1S/C25H23N3O5.CH4/c26-11-17-9-18-19(10-22(27-18)33-21-13-32-24-20(29)12-31-25(21)24)28-23(17)16-3-1-14(2-4-16)15-5-7-30-8-6-15;/h1-5,9-10,20-21,24-25,27,29H,6-8,12-13H2;1H4/t20?,21?,24?,25-;/m1./s1. The average Bonchev–Trinajstić information content (AvgIpc) is 3.55. The van der Waals surface area contributed by atoms with Crippen molar-refractivity contribution in [1.82, 2.24) is 9.97 Å². The van der Waals surface area contributed by atoms with Crippen LogP contribution in [0.1, 0.15) is 25.0 Å². The smallest absolute Gasteiger partial charge is 0.193 e. The largest absolute Gasteiger partial charge is 0.470 e. The van der Waals surface area contributed by atoms with Gasteiger partial charge in [-0.3, -0.25) is 0 Å². The van der Waals surface area contributed by atoms with Crippen LogP contribution in [0.25, 0.3) is 27.9 Å².